The van der Waals surface area contributed by atoms with Gasteiger partial charge in [-0.15, -0.1) is 0 Å². The quantitative estimate of drug-likeness (QED) is 0.694. The molecule has 0 aliphatic heterocycles. The van der Waals surface area contributed by atoms with Gasteiger partial charge in [-0.1, -0.05) is 32.6 Å². The Labute approximate surface area is 115 Å². The molecule has 1 atom stereocenters. The molecule has 0 aromatic rings. The summed E-state index contributed by atoms with van der Waals surface area (Å²) in [6, 6.07) is -0.371. The van der Waals surface area contributed by atoms with E-state index in [-0.39, 0.29) is 6.03 Å². The van der Waals surface area contributed by atoms with Crippen molar-refractivity contribution in [3.8, 4) is 0 Å². The molecule has 0 radical (unpaired) electrons. The summed E-state index contributed by atoms with van der Waals surface area (Å²) in [5.74, 6) is -0.441. The number of carbonyl (C=O) groups excluding carboxylic acids is 1. The van der Waals surface area contributed by atoms with Gasteiger partial charge in [0.2, 0.25) is 0 Å². The molecular weight excluding hydrogens is 244 g/mol. The van der Waals surface area contributed by atoms with E-state index in [2.05, 4.69) is 10.6 Å². The molecule has 3 N–H and O–H groups in total. The Morgan fingerprint density at radius 2 is 1.89 bits per heavy atom. The van der Waals surface area contributed by atoms with Gasteiger partial charge in [-0.2, -0.15) is 0 Å². The van der Waals surface area contributed by atoms with Crippen LogP contribution in [0.3, 0.4) is 0 Å². The molecular formula is C14H26N2O3. The first-order chi connectivity index (χ1) is 8.98. The van der Waals surface area contributed by atoms with Crippen LogP contribution >= 0.6 is 0 Å². The van der Waals surface area contributed by atoms with Crippen molar-refractivity contribution in [2.75, 3.05) is 6.54 Å². The second-order valence-corrected chi connectivity index (χ2v) is 5.73. The summed E-state index contributed by atoms with van der Waals surface area (Å²) in [6.45, 7) is 4.11. The predicted molar refractivity (Wildman–Crippen MR) is 74.1 cm³/mol. The number of amides is 2. The summed E-state index contributed by atoms with van der Waals surface area (Å²) in [6.07, 6.45) is 7.21. The minimum atomic E-state index is -1.18. The number of carbonyl (C=O) groups is 2. The molecule has 1 saturated carbocycles. The van der Waals surface area contributed by atoms with E-state index in [0.29, 0.717) is 25.3 Å². The molecule has 0 bridgehead atoms. The van der Waals surface area contributed by atoms with Crippen LogP contribution in [0.2, 0.25) is 0 Å². The smallest absolute Gasteiger partial charge is 0.329 e. The molecule has 5 heteroatoms. The average molecular weight is 270 g/mol. The summed E-state index contributed by atoms with van der Waals surface area (Å²) in [5.41, 5.74) is -1.18. The highest BCUT2D eigenvalue weighted by molar-refractivity contribution is 5.85. The molecule has 0 heterocycles. The number of carboxylic acid groups (broad SMARTS) is 1. The van der Waals surface area contributed by atoms with Gasteiger partial charge in [0.1, 0.15) is 5.54 Å². The van der Waals surface area contributed by atoms with Crippen molar-refractivity contribution in [1.82, 2.24) is 10.6 Å². The van der Waals surface area contributed by atoms with Crippen LogP contribution in [0.4, 0.5) is 4.79 Å². The van der Waals surface area contributed by atoms with Crippen LogP contribution < -0.4 is 10.6 Å². The van der Waals surface area contributed by atoms with Gasteiger partial charge in [-0.3, -0.25) is 0 Å². The van der Waals surface area contributed by atoms with Crippen LogP contribution in [0.5, 0.6) is 0 Å². The number of rotatable bonds is 6. The van der Waals surface area contributed by atoms with E-state index in [9.17, 15) is 14.7 Å². The van der Waals surface area contributed by atoms with Crippen LogP contribution in [0.25, 0.3) is 0 Å². The second kappa shape index (κ2) is 7.36. The monoisotopic (exact) mass is 270 g/mol. The fourth-order valence-corrected chi connectivity index (χ4v) is 2.65. The molecule has 1 rings (SSSR count). The summed E-state index contributed by atoms with van der Waals surface area (Å²) in [4.78, 5) is 23.0. The Balaban J connectivity index is 2.37. The van der Waals surface area contributed by atoms with E-state index < -0.39 is 11.5 Å². The van der Waals surface area contributed by atoms with Gasteiger partial charge in [0.15, 0.2) is 0 Å². The third-order valence-electron chi connectivity index (χ3n) is 3.89. The summed E-state index contributed by atoms with van der Waals surface area (Å²) in [7, 11) is 0. The molecule has 2 amide bonds. The van der Waals surface area contributed by atoms with Crippen molar-refractivity contribution in [3.63, 3.8) is 0 Å². The molecule has 0 saturated heterocycles. The first-order valence-corrected chi connectivity index (χ1v) is 7.27. The summed E-state index contributed by atoms with van der Waals surface area (Å²) >= 11 is 0. The Morgan fingerprint density at radius 1 is 1.26 bits per heavy atom. The van der Waals surface area contributed by atoms with Gasteiger partial charge in [-0.25, -0.2) is 9.59 Å². The molecule has 110 valence electrons. The van der Waals surface area contributed by atoms with E-state index in [0.717, 1.165) is 12.8 Å². The highest BCUT2D eigenvalue weighted by Crippen LogP contribution is 2.22. The van der Waals surface area contributed by atoms with Crippen molar-refractivity contribution >= 4 is 12.0 Å². The highest BCUT2D eigenvalue weighted by Gasteiger charge is 2.33. The third kappa shape index (κ3) is 5.09. The maximum atomic E-state index is 11.8. The maximum absolute atomic E-state index is 11.8. The molecule has 0 aromatic heterocycles. The fourth-order valence-electron chi connectivity index (χ4n) is 2.65. The van der Waals surface area contributed by atoms with Crippen molar-refractivity contribution < 1.29 is 14.7 Å². The molecule has 1 fully saturated rings. The first-order valence-electron chi connectivity index (χ1n) is 7.27. The van der Waals surface area contributed by atoms with E-state index in [1.807, 2.05) is 6.92 Å². The Morgan fingerprint density at radius 3 is 2.42 bits per heavy atom. The molecule has 0 aromatic carbocycles. The van der Waals surface area contributed by atoms with Gasteiger partial charge in [0, 0.05) is 6.54 Å². The number of urea groups is 1. The lowest BCUT2D eigenvalue weighted by Crippen LogP contribution is -2.55. The first kappa shape index (κ1) is 15.8. The third-order valence-corrected chi connectivity index (χ3v) is 3.89. The van der Waals surface area contributed by atoms with E-state index >= 15 is 0 Å². The standard InChI is InChI=1S/C14H26N2O3/c1-3-9-14(2,12(17)18)16-13(19)15-10-11-7-5-4-6-8-11/h11H,3-10H2,1-2H3,(H,17,18)(H2,15,16,19). The van der Waals surface area contributed by atoms with Crippen molar-refractivity contribution in [1.29, 1.82) is 0 Å². The van der Waals surface area contributed by atoms with Crippen LogP contribution in [-0.4, -0.2) is 29.2 Å². The van der Waals surface area contributed by atoms with E-state index in [1.54, 1.807) is 6.92 Å². The normalized spacial score (nSPS) is 19.5. The van der Waals surface area contributed by atoms with Gasteiger partial charge in [0.25, 0.3) is 0 Å². The predicted octanol–water partition coefficient (Wildman–Crippen LogP) is 2.51. The number of hydrogen-bond donors (Lipinski definition) is 3. The van der Waals surface area contributed by atoms with Crippen LogP contribution in [0.1, 0.15) is 58.8 Å². The van der Waals surface area contributed by atoms with Gasteiger partial charge in [-0.05, 0) is 32.1 Å². The lowest BCUT2D eigenvalue weighted by Gasteiger charge is -2.27. The molecule has 0 spiro atoms. The van der Waals surface area contributed by atoms with Gasteiger partial charge >= 0.3 is 12.0 Å². The Bertz CT molecular complexity index is 314. The lowest BCUT2D eigenvalue weighted by molar-refractivity contribution is -0.144. The zero-order chi connectivity index (χ0) is 14.3. The van der Waals surface area contributed by atoms with Crippen molar-refractivity contribution in [2.45, 2.75) is 64.3 Å². The van der Waals surface area contributed by atoms with Crippen LogP contribution in [0.15, 0.2) is 0 Å². The minimum Gasteiger partial charge on any atom is -0.480 e. The van der Waals surface area contributed by atoms with Crippen LogP contribution in [-0.2, 0) is 4.79 Å². The van der Waals surface area contributed by atoms with Gasteiger partial charge < -0.3 is 15.7 Å². The van der Waals surface area contributed by atoms with Crippen LogP contribution in [0, 0.1) is 5.92 Å². The maximum Gasteiger partial charge on any atom is 0.329 e. The lowest BCUT2D eigenvalue weighted by atomic mass is 9.89. The summed E-state index contributed by atoms with van der Waals surface area (Å²) in [5, 5.41) is 14.6. The SMILES string of the molecule is CCCC(C)(NC(=O)NCC1CCCCC1)C(=O)O. The van der Waals surface area contributed by atoms with E-state index in [1.165, 1.54) is 19.3 Å². The van der Waals surface area contributed by atoms with E-state index in [4.69, 9.17) is 0 Å². The zero-order valence-electron chi connectivity index (χ0n) is 12.0. The fraction of sp³-hybridized carbons (Fsp3) is 0.857. The summed E-state index contributed by atoms with van der Waals surface area (Å²) < 4.78 is 0. The average Bonchev–Trinajstić information content (AvgIpc) is 2.37. The topological polar surface area (TPSA) is 78.4 Å². The molecule has 1 unspecified atom stereocenters. The highest BCUT2D eigenvalue weighted by atomic mass is 16.4. The molecule has 5 nitrogen and oxygen atoms in total. The molecule has 19 heavy (non-hydrogen) atoms. The number of nitrogens with one attached hydrogen (secondary N) is 2. The largest absolute Gasteiger partial charge is 0.480 e. The number of aliphatic carboxylic acids is 1. The number of carboxylic acids is 1. The molecule has 1 aliphatic rings. The van der Waals surface area contributed by atoms with Crippen molar-refractivity contribution in [2.24, 2.45) is 5.92 Å². The van der Waals surface area contributed by atoms with Gasteiger partial charge in [0.05, 0.1) is 0 Å². The number of hydrogen-bond acceptors (Lipinski definition) is 2. The minimum absolute atomic E-state index is 0.371. The Kier molecular flexibility index (Phi) is 6.12. The van der Waals surface area contributed by atoms with Crippen molar-refractivity contribution in [3.05, 3.63) is 0 Å². The second-order valence-electron chi connectivity index (χ2n) is 5.73. The molecule has 1 aliphatic carbocycles. The zero-order valence-corrected chi connectivity index (χ0v) is 12.0. The Hall–Kier alpha value is -1.26.